The average molecular weight is 634 g/mol. The molecule has 0 aromatic rings. The monoisotopic (exact) mass is 633 g/mol. The number of nitrogens with zero attached hydrogens (tertiary/aromatic N) is 3. The third-order valence-corrected chi connectivity index (χ3v) is 6.02. The highest BCUT2D eigenvalue weighted by Gasteiger charge is 2.56. The minimum atomic E-state index is -1.75. The van der Waals surface area contributed by atoms with E-state index in [0.29, 0.717) is 0 Å². The van der Waals surface area contributed by atoms with Crippen molar-refractivity contribution in [2.75, 3.05) is 20.3 Å². The Morgan fingerprint density at radius 3 is 1.43 bits per heavy atom. The minimum absolute atomic E-state index is 0.464. The van der Waals surface area contributed by atoms with E-state index in [2.05, 4.69) is 10.0 Å². The predicted octanol–water partition coefficient (Wildman–Crippen LogP) is -0.000300. The molecule has 2 heterocycles. The summed E-state index contributed by atoms with van der Waals surface area (Å²) in [5, 5.41) is 3.68. The summed E-state index contributed by atoms with van der Waals surface area (Å²) in [6.45, 7) is 5.42. The van der Waals surface area contributed by atoms with Crippen LogP contribution in [0.5, 0.6) is 0 Å². The normalized spacial score (nSPS) is 31.3. The summed E-state index contributed by atoms with van der Waals surface area (Å²) in [6, 6.07) is -1.41. The van der Waals surface area contributed by atoms with E-state index in [1.807, 2.05) is 0 Å². The zero-order chi connectivity index (χ0) is 33.1. The average Bonchev–Trinajstić information content (AvgIpc) is 2.90. The lowest BCUT2D eigenvalue weighted by Crippen LogP contribution is -2.66. The molecule has 246 valence electrons. The molecular weight excluding hydrogens is 598 g/mol. The molecule has 10 atom stereocenters. The zero-order valence-corrected chi connectivity index (χ0v) is 25.1. The number of azide groups is 1. The summed E-state index contributed by atoms with van der Waals surface area (Å²) in [6.07, 6.45) is -13.4. The Morgan fingerprint density at radius 1 is 0.614 bits per heavy atom. The van der Waals surface area contributed by atoms with E-state index in [9.17, 15) is 34.3 Å². The number of methoxy groups -OCH3 is 1. The van der Waals surface area contributed by atoms with Crippen LogP contribution in [0.15, 0.2) is 5.11 Å². The summed E-state index contributed by atoms with van der Waals surface area (Å²) in [4.78, 5) is 74.5. The quantitative estimate of drug-likeness (QED) is 0.0902. The van der Waals surface area contributed by atoms with Crippen molar-refractivity contribution in [3.05, 3.63) is 10.4 Å². The first-order chi connectivity index (χ1) is 20.7. The molecule has 2 saturated heterocycles. The third-order valence-electron chi connectivity index (χ3n) is 6.02. The van der Waals surface area contributed by atoms with Gasteiger partial charge in [-0.25, -0.2) is 0 Å². The molecule has 0 aliphatic carbocycles. The van der Waals surface area contributed by atoms with E-state index in [0.717, 1.165) is 41.5 Å². The number of hydrogen-bond acceptors (Lipinski definition) is 17. The largest absolute Gasteiger partial charge is 0.463 e. The van der Waals surface area contributed by atoms with Gasteiger partial charge in [0.1, 0.15) is 37.6 Å². The van der Waals surface area contributed by atoms with Gasteiger partial charge in [-0.2, -0.15) is 0 Å². The number of rotatable bonds is 12. The third kappa shape index (κ3) is 10.3. The van der Waals surface area contributed by atoms with Crippen LogP contribution in [0.2, 0.25) is 0 Å². The first kappa shape index (κ1) is 36.2. The van der Waals surface area contributed by atoms with Gasteiger partial charge in [-0.1, -0.05) is 5.11 Å². The highest BCUT2D eigenvalue weighted by Crippen LogP contribution is 2.35. The van der Waals surface area contributed by atoms with Gasteiger partial charge >= 0.3 is 35.8 Å². The molecule has 2 aliphatic heterocycles. The molecule has 0 saturated carbocycles. The first-order valence-electron chi connectivity index (χ1n) is 13.2. The molecule has 0 aromatic carbocycles. The maximum Gasteiger partial charge on any atom is 0.303 e. The van der Waals surface area contributed by atoms with Crippen LogP contribution in [0.4, 0.5) is 0 Å². The predicted molar refractivity (Wildman–Crippen MR) is 138 cm³/mol. The fourth-order valence-electron chi connectivity index (χ4n) is 4.54. The van der Waals surface area contributed by atoms with Gasteiger partial charge in [0.15, 0.2) is 37.0 Å². The molecule has 2 rings (SSSR count). The van der Waals surface area contributed by atoms with Crippen LogP contribution in [-0.4, -0.2) is 117 Å². The van der Waals surface area contributed by atoms with E-state index in [-0.39, 0.29) is 0 Å². The molecule has 0 unspecified atom stereocenters. The molecule has 44 heavy (non-hydrogen) atoms. The van der Waals surface area contributed by atoms with Gasteiger partial charge in [-0.05, 0) is 5.53 Å². The number of carbonyl (C=O) groups excluding carboxylic acids is 6. The van der Waals surface area contributed by atoms with Gasteiger partial charge in [0.05, 0.1) is 0 Å². The van der Waals surface area contributed by atoms with Gasteiger partial charge in [0, 0.05) is 53.6 Å². The maximum atomic E-state index is 12.2. The Bertz CT molecular complexity index is 1130. The molecule has 0 amide bonds. The molecule has 0 N–H and O–H groups in total. The SMILES string of the molecule is CO[C@@H]1O[C@H](COC(C)=O)[C@H](OC(C)=O)[C@H](O[C@@H]2O[C@H](COC(C)=O)[C@H](OC(C)=O)[C@H](OC(C)=O)[C@H]2OC(C)=O)[C@H]1N=[N+]=[N-]. The molecule has 0 aromatic heterocycles. The highest BCUT2D eigenvalue weighted by atomic mass is 16.8. The van der Waals surface area contributed by atoms with Crippen molar-refractivity contribution < 1.29 is 76.1 Å². The van der Waals surface area contributed by atoms with Crippen molar-refractivity contribution in [1.82, 2.24) is 0 Å². The zero-order valence-electron chi connectivity index (χ0n) is 25.1. The Morgan fingerprint density at radius 2 is 1.02 bits per heavy atom. The standard InChI is InChI=1S/C25H35N3O16/c1-10(29)36-8-16-19(38-12(3)31)21(18(27-28-26)24(35-7)42-16)44-25-23(41-15(6)34)22(40-14(5)33)20(39-13(4)32)17(43-25)9-37-11(2)30/h16-25H,8-9H2,1-7H3/t16-,17-,18-,19+,20+,21-,22+,23-,24-,25+/m1/s1. The lowest BCUT2D eigenvalue weighted by molar-refractivity contribution is -0.344. The molecule has 2 fully saturated rings. The van der Waals surface area contributed by atoms with Gasteiger partial charge in [0.2, 0.25) is 0 Å². The number of carbonyl (C=O) groups is 6. The Labute approximate surface area is 251 Å². The van der Waals surface area contributed by atoms with Crippen molar-refractivity contribution in [1.29, 1.82) is 0 Å². The van der Waals surface area contributed by atoms with Crippen molar-refractivity contribution in [3.8, 4) is 0 Å². The van der Waals surface area contributed by atoms with Gasteiger partial charge in [-0.3, -0.25) is 28.8 Å². The van der Waals surface area contributed by atoms with Crippen molar-refractivity contribution in [3.63, 3.8) is 0 Å². The smallest absolute Gasteiger partial charge is 0.303 e. The van der Waals surface area contributed by atoms with E-state index >= 15 is 0 Å². The van der Waals surface area contributed by atoms with Crippen LogP contribution in [0.25, 0.3) is 10.4 Å². The Kier molecular flexibility index (Phi) is 13.7. The molecule has 0 spiro atoms. The second kappa shape index (κ2) is 16.7. The molecule has 2 aliphatic rings. The van der Waals surface area contributed by atoms with Crippen molar-refractivity contribution >= 4 is 35.8 Å². The number of hydrogen-bond donors (Lipinski definition) is 0. The van der Waals surface area contributed by atoms with Crippen LogP contribution in [-0.2, 0) is 76.1 Å². The molecular formula is C25H35N3O16. The molecule has 0 radical (unpaired) electrons. The van der Waals surface area contributed by atoms with Gasteiger partial charge in [0.25, 0.3) is 0 Å². The Balaban J connectivity index is 2.68. The fourth-order valence-corrected chi connectivity index (χ4v) is 4.54. The molecule has 19 nitrogen and oxygen atoms in total. The van der Waals surface area contributed by atoms with Gasteiger partial charge in [-0.15, -0.1) is 0 Å². The van der Waals surface area contributed by atoms with Crippen LogP contribution in [0.3, 0.4) is 0 Å². The van der Waals surface area contributed by atoms with Crippen molar-refractivity contribution in [2.45, 2.75) is 103 Å². The summed E-state index contributed by atoms with van der Waals surface area (Å²) < 4.78 is 54.9. The Hall–Kier alpha value is -4.03. The maximum absolute atomic E-state index is 12.2. The van der Waals surface area contributed by atoms with Crippen molar-refractivity contribution in [2.24, 2.45) is 5.11 Å². The van der Waals surface area contributed by atoms with E-state index in [4.69, 9.17) is 47.4 Å². The molecule has 0 bridgehead atoms. The second-order valence-corrected chi connectivity index (χ2v) is 9.52. The first-order valence-corrected chi connectivity index (χ1v) is 13.2. The van der Waals surface area contributed by atoms with Gasteiger partial charge < -0.3 is 47.4 Å². The fraction of sp³-hybridized carbons (Fsp3) is 0.760. The summed E-state index contributed by atoms with van der Waals surface area (Å²) in [7, 11) is 1.21. The van der Waals surface area contributed by atoms with Crippen LogP contribution in [0.1, 0.15) is 41.5 Å². The van der Waals surface area contributed by atoms with E-state index in [1.165, 1.54) is 7.11 Å². The second-order valence-electron chi connectivity index (χ2n) is 9.52. The van der Waals surface area contributed by atoms with E-state index in [1.54, 1.807) is 0 Å². The number of ether oxygens (including phenoxy) is 10. The summed E-state index contributed by atoms with van der Waals surface area (Å²) in [5.74, 6) is -4.90. The lowest BCUT2D eigenvalue weighted by atomic mass is 9.95. The van der Waals surface area contributed by atoms with Crippen LogP contribution in [0, 0.1) is 0 Å². The van der Waals surface area contributed by atoms with E-state index < -0.39 is 110 Å². The molecule has 19 heteroatoms. The lowest BCUT2D eigenvalue weighted by Gasteiger charge is -2.48. The van der Waals surface area contributed by atoms with Crippen LogP contribution >= 0.6 is 0 Å². The summed E-state index contributed by atoms with van der Waals surface area (Å²) in [5.41, 5.74) is 9.32. The van der Waals surface area contributed by atoms with Crippen LogP contribution < -0.4 is 0 Å². The topological polar surface area (TPSA) is 243 Å². The minimum Gasteiger partial charge on any atom is -0.463 e. The highest BCUT2D eigenvalue weighted by molar-refractivity contribution is 5.69. The number of esters is 6. The summed E-state index contributed by atoms with van der Waals surface area (Å²) >= 11 is 0.